The van der Waals surface area contributed by atoms with Crippen molar-refractivity contribution in [2.75, 3.05) is 5.32 Å². The minimum Gasteiger partial charge on any atom is -0.325 e. The summed E-state index contributed by atoms with van der Waals surface area (Å²) in [6, 6.07) is 4.17. The van der Waals surface area contributed by atoms with E-state index in [1.165, 1.54) is 18.2 Å². The molecule has 0 saturated heterocycles. The van der Waals surface area contributed by atoms with Crippen molar-refractivity contribution in [3.05, 3.63) is 28.5 Å². The van der Waals surface area contributed by atoms with Gasteiger partial charge in [-0.15, -0.1) is 0 Å². The summed E-state index contributed by atoms with van der Waals surface area (Å²) in [5.74, 6) is -0.384. The zero-order valence-corrected chi connectivity index (χ0v) is 9.40. The van der Waals surface area contributed by atoms with Crippen molar-refractivity contribution in [1.82, 2.24) is 0 Å². The van der Waals surface area contributed by atoms with E-state index in [1.807, 2.05) is 6.92 Å². The maximum Gasteiger partial charge on any atom is 0.224 e. The summed E-state index contributed by atoms with van der Waals surface area (Å²) >= 11 is 3.17. The molecule has 14 heavy (non-hydrogen) atoms. The molecule has 0 spiro atoms. The molecule has 1 N–H and O–H groups in total. The van der Waals surface area contributed by atoms with Gasteiger partial charge in [0, 0.05) is 10.9 Å². The molecule has 1 aromatic carbocycles. The fourth-order valence-electron chi connectivity index (χ4n) is 1.03. The maximum atomic E-state index is 12.7. The molecule has 1 rings (SSSR count). The molecule has 0 atom stereocenters. The molecule has 0 aromatic heterocycles. The van der Waals surface area contributed by atoms with Gasteiger partial charge in [0.15, 0.2) is 0 Å². The summed E-state index contributed by atoms with van der Waals surface area (Å²) in [5.41, 5.74) is 0.602. The highest BCUT2D eigenvalue weighted by molar-refractivity contribution is 9.10. The average Bonchev–Trinajstić information content (AvgIpc) is 2.10. The lowest BCUT2D eigenvalue weighted by molar-refractivity contribution is -0.116. The quantitative estimate of drug-likeness (QED) is 0.887. The SMILES string of the molecule is CCCC(=O)Nc1ccc(F)cc1Br. The van der Waals surface area contributed by atoms with E-state index >= 15 is 0 Å². The third-order valence-corrected chi connectivity index (χ3v) is 2.34. The number of nitrogens with one attached hydrogen (secondary N) is 1. The van der Waals surface area contributed by atoms with Crippen molar-refractivity contribution in [3.63, 3.8) is 0 Å². The van der Waals surface area contributed by atoms with E-state index in [0.717, 1.165) is 6.42 Å². The van der Waals surface area contributed by atoms with Gasteiger partial charge in [-0.05, 0) is 40.5 Å². The van der Waals surface area contributed by atoms with Gasteiger partial charge in [0.25, 0.3) is 0 Å². The first kappa shape index (κ1) is 11.2. The van der Waals surface area contributed by atoms with Crippen LogP contribution >= 0.6 is 15.9 Å². The molecular formula is C10H11BrFNO. The lowest BCUT2D eigenvalue weighted by Gasteiger charge is -2.06. The second kappa shape index (κ2) is 5.10. The highest BCUT2D eigenvalue weighted by Crippen LogP contribution is 2.23. The van der Waals surface area contributed by atoms with Crippen molar-refractivity contribution >= 4 is 27.5 Å². The van der Waals surface area contributed by atoms with Crippen molar-refractivity contribution in [3.8, 4) is 0 Å². The van der Waals surface area contributed by atoms with Crippen molar-refractivity contribution in [2.45, 2.75) is 19.8 Å². The summed E-state index contributed by atoms with van der Waals surface area (Å²) in [6.45, 7) is 1.93. The third-order valence-electron chi connectivity index (χ3n) is 1.68. The number of hydrogen-bond acceptors (Lipinski definition) is 1. The van der Waals surface area contributed by atoms with E-state index in [4.69, 9.17) is 0 Å². The molecule has 0 aliphatic carbocycles. The normalized spacial score (nSPS) is 9.93. The maximum absolute atomic E-state index is 12.7. The molecular weight excluding hydrogens is 249 g/mol. The van der Waals surface area contributed by atoms with E-state index < -0.39 is 0 Å². The zero-order chi connectivity index (χ0) is 10.6. The van der Waals surface area contributed by atoms with Gasteiger partial charge in [-0.3, -0.25) is 4.79 Å². The van der Waals surface area contributed by atoms with Crippen molar-refractivity contribution in [1.29, 1.82) is 0 Å². The Labute approximate surface area is 90.6 Å². The molecule has 0 fully saturated rings. The fourth-order valence-corrected chi connectivity index (χ4v) is 1.48. The van der Waals surface area contributed by atoms with Crippen LogP contribution in [-0.4, -0.2) is 5.91 Å². The monoisotopic (exact) mass is 259 g/mol. The Bertz CT molecular complexity index is 341. The molecule has 0 radical (unpaired) electrons. The number of rotatable bonds is 3. The van der Waals surface area contributed by atoms with E-state index in [0.29, 0.717) is 16.6 Å². The number of amides is 1. The largest absolute Gasteiger partial charge is 0.325 e. The Balaban J connectivity index is 2.72. The fraction of sp³-hybridized carbons (Fsp3) is 0.300. The number of halogens is 2. The smallest absolute Gasteiger partial charge is 0.224 e. The predicted octanol–water partition coefficient (Wildman–Crippen LogP) is 3.33. The standard InChI is InChI=1S/C10H11BrFNO/c1-2-3-10(14)13-9-5-4-7(12)6-8(9)11/h4-6H,2-3H2,1H3,(H,13,14). The number of anilines is 1. The molecule has 0 saturated carbocycles. The molecule has 1 aromatic rings. The van der Waals surface area contributed by atoms with Gasteiger partial charge in [-0.2, -0.15) is 0 Å². The van der Waals surface area contributed by atoms with Crippen LogP contribution in [-0.2, 0) is 4.79 Å². The Morgan fingerprint density at radius 2 is 2.29 bits per heavy atom. The van der Waals surface area contributed by atoms with Crippen LogP contribution < -0.4 is 5.32 Å². The lowest BCUT2D eigenvalue weighted by atomic mass is 10.3. The molecule has 0 aliphatic heterocycles. The minimum absolute atomic E-state index is 0.0557. The van der Waals surface area contributed by atoms with E-state index in [-0.39, 0.29) is 11.7 Å². The van der Waals surface area contributed by atoms with Gasteiger partial charge in [0.05, 0.1) is 5.69 Å². The highest BCUT2D eigenvalue weighted by atomic mass is 79.9. The van der Waals surface area contributed by atoms with Gasteiger partial charge in [-0.25, -0.2) is 4.39 Å². The lowest BCUT2D eigenvalue weighted by Crippen LogP contribution is -2.10. The van der Waals surface area contributed by atoms with E-state index in [2.05, 4.69) is 21.2 Å². The number of hydrogen-bond donors (Lipinski definition) is 1. The van der Waals surface area contributed by atoms with Crippen LogP contribution in [0.25, 0.3) is 0 Å². The molecule has 0 bridgehead atoms. The first-order chi connectivity index (χ1) is 6.63. The average molecular weight is 260 g/mol. The Kier molecular flexibility index (Phi) is 4.07. The predicted molar refractivity (Wildman–Crippen MR) is 57.6 cm³/mol. The first-order valence-electron chi connectivity index (χ1n) is 4.38. The third kappa shape index (κ3) is 3.10. The summed E-state index contributed by atoms with van der Waals surface area (Å²) in [6.07, 6.45) is 1.27. The second-order valence-electron chi connectivity index (χ2n) is 2.92. The Morgan fingerprint density at radius 1 is 1.57 bits per heavy atom. The highest BCUT2D eigenvalue weighted by Gasteiger charge is 2.04. The summed E-state index contributed by atoms with van der Waals surface area (Å²) < 4.78 is 13.2. The molecule has 0 heterocycles. The second-order valence-corrected chi connectivity index (χ2v) is 3.78. The summed E-state index contributed by atoms with van der Waals surface area (Å²) in [4.78, 5) is 11.2. The van der Waals surface area contributed by atoms with Gasteiger partial charge in [-0.1, -0.05) is 6.92 Å². The Hall–Kier alpha value is -0.900. The van der Waals surface area contributed by atoms with Crippen LogP contribution in [0, 0.1) is 5.82 Å². The van der Waals surface area contributed by atoms with Crippen LogP contribution in [0.2, 0.25) is 0 Å². The zero-order valence-electron chi connectivity index (χ0n) is 7.81. The van der Waals surface area contributed by atoms with Crippen molar-refractivity contribution in [2.24, 2.45) is 0 Å². The van der Waals surface area contributed by atoms with E-state index in [1.54, 1.807) is 0 Å². The van der Waals surface area contributed by atoms with Crippen LogP contribution in [0.3, 0.4) is 0 Å². The topological polar surface area (TPSA) is 29.1 Å². The molecule has 76 valence electrons. The molecule has 4 heteroatoms. The first-order valence-corrected chi connectivity index (χ1v) is 5.17. The van der Waals surface area contributed by atoms with Crippen molar-refractivity contribution < 1.29 is 9.18 Å². The molecule has 0 unspecified atom stereocenters. The van der Waals surface area contributed by atoms with Crippen LogP contribution in [0.1, 0.15) is 19.8 Å². The van der Waals surface area contributed by atoms with Gasteiger partial charge >= 0.3 is 0 Å². The minimum atomic E-state index is -0.328. The number of carbonyl (C=O) groups is 1. The Morgan fingerprint density at radius 3 is 2.86 bits per heavy atom. The number of benzene rings is 1. The molecule has 1 amide bonds. The number of carbonyl (C=O) groups excluding carboxylic acids is 1. The summed E-state index contributed by atoms with van der Waals surface area (Å²) in [5, 5.41) is 2.69. The van der Waals surface area contributed by atoms with E-state index in [9.17, 15) is 9.18 Å². The molecule has 0 aliphatic rings. The van der Waals surface area contributed by atoms with Gasteiger partial charge in [0.1, 0.15) is 5.82 Å². The van der Waals surface area contributed by atoms with Gasteiger partial charge in [0.2, 0.25) is 5.91 Å². The van der Waals surface area contributed by atoms with Gasteiger partial charge < -0.3 is 5.32 Å². The van der Waals surface area contributed by atoms with Crippen LogP contribution in [0.5, 0.6) is 0 Å². The van der Waals surface area contributed by atoms with Crippen LogP contribution in [0.15, 0.2) is 22.7 Å². The van der Waals surface area contributed by atoms with Crippen LogP contribution in [0.4, 0.5) is 10.1 Å². The summed E-state index contributed by atoms with van der Waals surface area (Å²) in [7, 11) is 0. The molecule has 2 nitrogen and oxygen atoms in total.